The van der Waals surface area contributed by atoms with Crippen molar-refractivity contribution in [2.24, 2.45) is 10.7 Å². The Labute approximate surface area is 87.8 Å². The molecule has 3 nitrogen and oxygen atoms in total. The van der Waals surface area contributed by atoms with E-state index in [1.54, 1.807) is 25.1 Å². The average Bonchev–Trinajstić information content (AvgIpc) is 2.21. The molecule has 0 amide bonds. The molecule has 0 aromatic heterocycles. The second kappa shape index (κ2) is 5.26. The summed E-state index contributed by atoms with van der Waals surface area (Å²) in [7, 11) is 0. The first-order valence-electron chi connectivity index (χ1n) is 4.53. The smallest absolute Gasteiger partial charge is 0.148 e. The van der Waals surface area contributed by atoms with Crippen LogP contribution in [0.15, 0.2) is 41.0 Å². The molecular formula is C11H13FN2O. The van der Waals surface area contributed by atoms with Gasteiger partial charge in [-0.1, -0.05) is 12.1 Å². The SMILES string of the molecule is C[C@H](O)C(C=Nc1ccccc1F)=CN. The van der Waals surface area contributed by atoms with Crippen LogP contribution >= 0.6 is 0 Å². The van der Waals surface area contributed by atoms with Crippen molar-refractivity contribution in [1.82, 2.24) is 0 Å². The maximum Gasteiger partial charge on any atom is 0.148 e. The molecule has 0 spiro atoms. The van der Waals surface area contributed by atoms with Gasteiger partial charge >= 0.3 is 0 Å². The molecule has 0 unspecified atom stereocenters. The van der Waals surface area contributed by atoms with E-state index >= 15 is 0 Å². The molecule has 3 N–H and O–H groups in total. The molecule has 0 saturated carbocycles. The highest BCUT2D eigenvalue weighted by Crippen LogP contribution is 2.16. The number of aliphatic hydroxyl groups excluding tert-OH is 1. The van der Waals surface area contributed by atoms with Crippen LogP contribution in [0.1, 0.15) is 6.92 Å². The van der Waals surface area contributed by atoms with Crippen LogP contribution in [0.2, 0.25) is 0 Å². The first-order chi connectivity index (χ1) is 7.15. The largest absolute Gasteiger partial charge is 0.404 e. The molecule has 15 heavy (non-hydrogen) atoms. The van der Waals surface area contributed by atoms with E-state index in [9.17, 15) is 9.50 Å². The summed E-state index contributed by atoms with van der Waals surface area (Å²) in [6.45, 7) is 1.56. The van der Waals surface area contributed by atoms with Crippen molar-refractivity contribution in [3.8, 4) is 0 Å². The Morgan fingerprint density at radius 1 is 1.53 bits per heavy atom. The molecule has 0 saturated heterocycles. The summed E-state index contributed by atoms with van der Waals surface area (Å²) < 4.78 is 13.1. The number of hydrogen-bond donors (Lipinski definition) is 2. The van der Waals surface area contributed by atoms with Crippen LogP contribution in [0.3, 0.4) is 0 Å². The monoisotopic (exact) mass is 208 g/mol. The summed E-state index contributed by atoms with van der Waals surface area (Å²) >= 11 is 0. The van der Waals surface area contributed by atoms with Crippen LogP contribution < -0.4 is 5.73 Å². The van der Waals surface area contributed by atoms with E-state index in [2.05, 4.69) is 4.99 Å². The molecule has 4 heteroatoms. The second-order valence-electron chi connectivity index (χ2n) is 3.05. The molecule has 0 radical (unpaired) electrons. The molecule has 1 aromatic rings. The van der Waals surface area contributed by atoms with Crippen molar-refractivity contribution in [2.75, 3.05) is 0 Å². The maximum absolute atomic E-state index is 13.1. The standard InChI is InChI=1S/C11H13FN2O/c1-8(15)9(6-13)7-14-11-5-3-2-4-10(11)12/h2-8,15H,13H2,1H3/t8-/m0/s1. The van der Waals surface area contributed by atoms with Gasteiger partial charge in [0.15, 0.2) is 0 Å². The van der Waals surface area contributed by atoms with Gasteiger partial charge in [-0.25, -0.2) is 4.39 Å². The van der Waals surface area contributed by atoms with Crippen molar-refractivity contribution in [2.45, 2.75) is 13.0 Å². The summed E-state index contributed by atoms with van der Waals surface area (Å²) in [5.74, 6) is -0.407. The minimum Gasteiger partial charge on any atom is -0.404 e. The van der Waals surface area contributed by atoms with E-state index in [-0.39, 0.29) is 5.69 Å². The van der Waals surface area contributed by atoms with E-state index in [0.717, 1.165) is 0 Å². The number of aliphatic imine (C=N–C) groups is 1. The maximum atomic E-state index is 13.1. The predicted molar refractivity (Wildman–Crippen MR) is 58.5 cm³/mol. The summed E-state index contributed by atoms with van der Waals surface area (Å²) in [6.07, 6.45) is 1.88. The van der Waals surface area contributed by atoms with Crippen LogP contribution in [0.4, 0.5) is 10.1 Å². The van der Waals surface area contributed by atoms with Gasteiger partial charge in [-0.2, -0.15) is 0 Å². The lowest BCUT2D eigenvalue weighted by atomic mass is 10.2. The fourth-order valence-electron chi connectivity index (χ4n) is 0.991. The van der Waals surface area contributed by atoms with Gasteiger partial charge in [0.1, 0.15) is 5.82 Å². The Balaban J connectivity index is 2.86. The molecule has 0 aliphatic heterocycles. The Morgan fingerprint density at radius 3 is 2.73 bits per heavy atom. The number of benzene rings is 1. The van der Waals surface area contributed by atoms with Gasteiger partial charge < -0.3 is 10.8 Å². The Bertz CT molecular complexity index is 386. The Kier molecular flexibility index (Phi) is 4.00. The lowest BCUT2D eigenvalue weighted by Crippen LogP contribution is -2.07. The molecule has 0 fully saturated rings. The van der Waals surface area contributed by atoms with Gasteiger partial charge in [0.25, 0.3) is 0 Å². The van der Waals surface area contributed by atoms with Gasteiger partial charge in [-0.15, -0.1) is 0 Å². The van der Waals surface area contributed by atoms with E-state index in [4.69, 9.17) is 5.73 Å². The molecule has 80 valence electrons. The van der Waals surface area contributed by atoms with Crippen LogP contribution in [0, 0.1) is 5.82 Å². The number of para-hydroxylation sites is 1. The highest BCUT2D eigenvalue weighted by Gasteiger charge is 2.01. The Morgan fingerprint density at radius 2 is 2.20 bits per heavy atom. The average molecular weight is 208 g/mol. The molecule has 0 bridgehead atoms. The van der Waals surface area contributed by atoms with Crippen LogP contribution in [-0.4, -0.2) is 17.4 Å². The first-order valence-corrected chi connectivity index (χ1v) is 4.53. The first kappa shape index (κ1) is 11.4. The summed E-state index contributed by atoms with van der Waals surface area (Å²) in [4.78, 5) is 3.89. The molecule has 1 aromatic carbocycles. The fraction of sp³-hybridized carbons (Fsp3) is 0.182. The zero-order valence-corrected chi connectivity index (χ0v) is 8.39. The summed E-state index contributed by atoms with van der Waals surface area (Å²) in [6, 6.07) is 6.13. The van der Waals surface area contributed by atoms with Crippen molar-refractivity contribution in [1.29, 1.82) is 0 Å². The number of rotatable bonds is 3. The number of aliphatic hydroxyl groups is 1. The number of nitrogens with two attached hydrogens (primary N) is 1. The number of hydrogen-bond acceptors (Lipinski definition) is 3. The number of nitrogens with zero attached hydrogens (tertiary/aromatic N) is 1. The minimum atomic E-state index is -0.717. The normalized spacial score (nSPS) is 14.5. The molecule has 1 atom stereocenters. The minimum absolute atomic E-state index is 0.220. The van der Waals surface area contributed by atoms with Crippen LogP contribution in [0.5, 0.6) is 0 Å². The van der Waals surface area contributed by atoms with Crippen LogP contribution in [-0.2, 0) is 0 Å². The van der Waals surface area contributed by atoms with E-state index in [1.807, 2.05) is 0 Å². The quantitative estimate of drug-likeness (QED) is 0.743. The van der Waals surface area contributed by atoms with Crippen molar-refractivity contribution >= 4 is 11.9 Å². The third-order valence-corrected chi connectivity index (χ3v) is 1.88. The van der Waals surface area contributed by atoms with Crippen molar-refractivity contribution < 1.29 is 9.50 Å². The van der Waals surface area contributed by atoms with Crippen molar-refractivity contribution in [3.05, 3.63) is 41.9 Å². The highest BCUT2D eigenvalue weighted by molar-refractivity contribution is 5.81. The fourth-order valence-corrected chi connectivity index (χ4v) is 0.991. The molecular weight excluding hydrogens is 195 g/mol. The zero-order valence-electron chi connectivity index (χ0n) is 8.39. The van der Waals surface area contributed by atoms with Crippen molar-refractivity contribution in [3.63, 3.8) is 0 Å². The van der Waals surface area contributed by atoms with Gasteiger partial charge in [0.2, 0.25) is 0 Å². The van der Waals surface area contributed by atoms with Gasteiger partial charge in [-0.3, -0.25) is 4.99 Å². The van der Waals surface area contributed by atoms with E-state index < -0.39 is 11.9 Å². The topological polar surface area (TPSA) is 58.6 Å². The summed E-state index contributed by atoms with van der Waals surface area (Å²) in [5.41, 5.74) is 5.93. The lowest BCUT2D eigenvalue weighted by Gasteiger charge is -2.03. The van der Waals surface area contributed by atoms with Gasteiger partial charge in [0.05, 0.1) is 11.8 Å². The Hall–Kier alpha value is -1.68. The molecule has 0 aliphatic carbocycles. The van der Waals surface area contributed by atoms with Gasteiger partial charge in [0, 0.05) is 18.0 Å². The predicted octanol–water partition coefficient (Wildman–Crippen LogP) is 1.75. The lowest BCUT2D eigenvalue weighted by molar-refractivity contribution is 0.238. The van der Waals surface area contributed by atoms with E-state index in [1.165, 1.54) is 18.5 Å². The molecule has 0 heterocycles. The zero-order chi connectivity index (χ0) is 11.3. The second-order valence-corrected chi connectivity index (χ2v) is 3.05. The van der Waals surface area contributed by atoms with Crippen LogP contribution in [0.25, 0.3) is 0 Å². The number of halogens is 1. The molecule has 0 aliphatic rings. The third-order valence-electron chi connectivity index (χ3n) is 1.88. The summed E-state index contributed by atoms with van der Waals surface area (Å²) in [5, 5.41) is 9.23. The highest BCUT2D eigenvalue weighted by atomic mass is 19.1. The van der Waals surface area contributed by atoms with Gasteiger partial charge in [-0.05, 0) is 19.1 Å². The molecule has 1 rings (SSSR count). The van der Waals surface area contributed by atoms with E-state index in [0.29, 0.717) is 5.57 Å². The third kappa shape index (κ3) is 3.18.